The van der Waals surface area contributed by atoms with Crippen molar-refractivity contribution < 1.29 is 4.39 Å². The number of benzene rings is 1. The van der Waals surface area contributed by atoms with Crippen LogP contribution in [0.2, 0.25) is 0 Å². The van der Waals surface area contributed by atoms with Gasteiger partial charge in [0.05, 0.1) is 0 Å². The topological polar surface area (TPSA) is 12.0 Å². The van der Waals surface area contributed by atoms with Crippen LogP contribution < -0.4 is 5.32 Å². The van der Waals surface area contributed by atoms with Crippen molar-refractivity contribution in [2.24, 2.45) is 5.92 Å². The summed E-state index contributed by atoms with van der Waals surface area (Å²) in [6.45, 7) is 4.35. The van der Waals surface area contributed by atoms with E-state index in [4.69, 9.17) is 0 Å². The molecule has 0 spiro atoms. The summed E-state index contributed by atoms with van der Waals surface area (Å²) in [5.74, 6) is 0.981. The lowest BCUT2D eigenvalue weighted by molar-refractivity contribution is 0.348. The molecule has 1 saturated heterocycles. The predicted molar refractivity (Wildman–Crippen MR) is 63.5 cm³/mol. The van der Waals surface area contributed by atoms with E-state index in [2.05, 4.69) is 28.2 Å². The van der Waals surface area contributed by atoms with Gasteiger partial charge in [-0.25, -0.2) is 4.39 Å². The van der Waals surface area contributed by atoms with Gasteiger partial charge in [-0.3, -0.25) is 0 Å². The molecule has 15 heavy (non-hydrogen) atoms. The van der Waals surface area contributed by atoms with E-state index in [9.17, 15) is 4.39 Å². The second-order valence-electron chi connectivity index (χ2n) is 4.24. The molecular weight excluding hydrogens is 257 g/mol. The van der Waals surface area contributed by atoms with E-state index in [1.165, 1.54) is 5.56 Å². The van der Waals surface area contributed by atoms with Crippen LogP contribution in [0.5, 0.6) is 0 Å². The highest BCUT2D eigenvalue weighted by molar-refractivity contribution is 9.10. The second-order valence-corrected chi connectivity index (χ2v) is 5.10. The summed E-state index contributed by atoms with van der Waals surface area (Å²) in [7, 11) is 0. The zero-order chi connectivity index (χ0) is 10.8. The molecule has 1 aliphatic rings. The van der Waals surface area contributed by atoms with Crippen LogP contribution in [-0.4, -0.2) is 13.1 Å². The first-order valence-corrected chi connectivity index (χ1v) is 6.13. The summed E-state index contributed by atoms with van der Waals surface area (Å²) in [5.41, 5.74) is 1.24. The molecule has 2 unspecified atom stereocenters. The van der Waals surface area contributed by atoms with E-state index in [0.29, 0.717) is 11.8 Å². The maximum absolute atomic E-state index is 13.0. The van der Waals surface area contributed by atoms with Gasteiger partial charge < -0.3 is 5.32 Å². The quantitative estimate of drug-likeness (QED) is 0.827. The number of nitrogens with one attached hydrogen (secondary N) is 1. The zero-order valence-corrected chi connectivity index (χ0v) is 10.3. The van der Waals surface area contributed by atoms with Crippen molar-refractivity contribution in [3.63, 3.8) is 0 Å². The molecule has 0 saturated carbocycles. The molecule has 82 valence electrons. The fourth-order valence-electron chi connectivity index (χ4n) is 2.28. The van der Waals surface area contributed by atoms with Gasteiger partial charge in [0.15, 0.2) is 0 Å². The van der Waals surface area contributed by atoms with E-state index in [1.807, 2.05) is 6.07 Å². The number of rotatable bonds is 1. The van der Waals surface area contributed by atoms with Crippen molar-refractivity contribution in [3.8, 4) is 0 Å². The van der Waals surface area contributed by atoms with E-state index < -0.39 is 0 Å². The van der Waals surface area contributed by atoms with Gasteiger partial charge in [-0.05, 0) is 49.0 Å². The lowest BCUT2D eigenvalue weighted by Gasteiger charge is -2.30. The Labute approximate surface area is 98.2 Å². The minimum absolute atomic E-state index is 0.174. The third-order valence-corrected chi connectivity index (χ3v) is 3.83. The monoisotopic (exact) mass is 271 g/mol. The van der Waals surface area contributed by atoms with Crippen molar-refractivity contribution >= 4 is 15.9 Å². The molecule has 0 radical (unpaired) electrons. The van der Waals surface area contributed by atoms with Crippen LogP contribution in [0.15, 0.2) is 22.7 Å². The van der Waals surface area contributed by atoms with Gasteiger partial charge in [0.25, 0.3) is 0 Å². The van der Waals surface area contributed by atoms with Crippen LogP contribution in [-0.2, 0) is 0 Å². The minimum atomic E-state index is -0.174. The lowest BCUT2D eigenvalue weighted by atomic mass is 9.82. The molecule has 3 heteroatoms. The molecular formula is C12H15BrFN. The maximum atomic E-state index is 13.0. The van der Waals surface area contributed by atoms with Crippen LogP contribution >= 0.6 is 15.9 Å². The Hall–Kier alpha value is -0.410. The lowest BCUT2D eigenvalue weighted by Crippen LogP contribution is -2.33. The van der Waals surface area contributed by atoms with Crippen molar-refractivity contribution in [3.05, 3.63) is 34.1 Å². The summed E-state index contributed by atoms with van der Waals surface area (Å²) < 4.78 is 13.9. The molecule has 1 aromatic carbocycles. The van der Waals surface area contributed by atoms with E-state index in [1.54, 1.807) is 12.1 Å². The van der Waals surface area contributed by atoms with Crippen LogP contribution in [0.25, 0.3) is 0 Å². The van der Waals surface area contributed by atoms with Gasteiger partial charge in [-0.2, -0.15) is 0 Å². The number of hydrogen-bond acceptors (Lipinski definition) is 1. The van der Waals surface area contributed by atoms with Gasteiger partial charge >= 0.3 is 0 Å². The molecule has 1 fully saturated rings. The third kappa shape index (κ3) is 2.40. The molecule has 2 rings (SSSR count). The van der Waals surface area contributed by atoms with Crippen molar-refractivity contribution in [1.29, 1.82) is 0 Å². The molecule has 0 aliphatic carbocycles. The molecule has 0 bridgehead atoms. The fraction of sp³-hybridized carbons (Fsp3) is 0.500. The Balaban J connectivity index is 2.27. The average molecular weight is 272 g/mol. The molecule has 0 aromatic heterocycles. The first-order valence-electron chi connectivity index (χ1n) is 5.34. The largest absolute Gasteiger partial charge is 0.316 e. The molecule has 0 amide bonds. The Bertz CT molecular complexity index is 353. The summed E-state index contributed by atoms with van der Waals surface area (Å²) in [5, 5.41) is 3.38. The number of hydrogen-bond donors (Lipinski definition) is 1. The van der Waals surface area contributed by atoms with Gasteiger partial charge in [-0.1, -0.05) is 28.9 Å². The summed E-state index contributed by atoms with van der Waals surface area (Å²) in [6.07, 6.45) is 1.13. The van der Waals surface area contributed by atoms with Gasteiger partial charge in [0.1, 0.15) is 5.82 Å². The first-order chi connectivity index (χ1) is 7.18. The Kier molecular flexibility index (Phi) is 3.42. The molecule has 1 N–H and O–H groups in total. The third-order valence-electron chi connectivity index (χ3n) is 3.15. The predicted octanol–water partition coefficient (Wildman–Crippen LogP) is 3.30. The average Bonchev–Trinajstić information content (AvgIpc) is 2.20. The molecule has 1 nitrogen and oxygen atoms in total. The Morgan fingerprint density at radius 1 is 1.47 bits per heavy atom. The van der Waals surface area contributed by atoms with Crippen molar-refractivity contribution in [2.75, 3.05) is 13.1 Å². The summed E-state index contributed by atoms with van der Waals surface area (Å²) in [6, 6.07) is 5.02. The zero-order valence-electron chi connectivity index (χ0n) is 8.76. The van der Waals surface area contributed by atoms with Crippen molar-refractivity contribution in [2.45, 2.75) is 19.3 Å². The van der Waals surface area contributed by atoms with Gasteiger partial charge in [0.2, 0.25) is 0 Å². The van der Waals surface area contributed by atoms with Gasteiger partial charge in [-0.15, -0.1) is 0 Å². The smallest absolute Gasteiger partial charge is 0.124 e. The first kappa shape index (κ1) is 11.1. The van der Waals surface area contributed by atoms with Crippen LogP contribution in [0, 0.1) is 11.7 Å². The maximum Gasteiger partial charge on any atom is 0.124 e. The second kappa shape index (κ2) is 4.62. The van der Waals surface area contributed by atoms with E-state index in [-0.39, 0.29) is 5.82 Å². The minimum Gasteiger partial charge on any atom is -0.316 e. The molecule has 1 aliphatic heterocycles. The summed E-state index contributed by atoms with van der Waals surface area (Å²) >= 11 is 3.45. The highest BCUT2D eigenvalue weighted by atomic mass is 79.9. The molecule has 1 heterocycles. The highest BCUT2D eigenvalue weighted by Crippen LogP contribution is 2.34. The SMILES string of the molecule is CC1CNCCC1c1ccc(F)cc1Br. The highest BCUT2D eigenvalue weighted by Gasteiger charge is 2.24. The van der Waals surface area contributed by atoms with E-state index >= 15 is 0 Å². The molecule has 2 atom stereocenters. The van der Waals surface area contributed by atoms with Crippen LogP contribution in [0.4, 0.5) is 4.39 Å². The summed E-state index contributed by atoms with van der Waals surface area (Å²) in [4.78, 5) is 0. The van der Waals surface area contributed by atoms with E-state index in [0.717, 1.165) is 24.0 Å². The standard InChI is InChI=1S/C12H15BrFN/c1-8-7-15-5-4-10(8)11-3-2-9(14)6-12(11)13/h2-3,6,8,10,15H,4-5,7H2,1H3. The van der Waals surface area contributed by atoms with Crippen molar-refractivity contribution in [1.82, 2.24) is 5.32 Å². The van der Waals surface area contributed by atoms with Crippen LogP contribution in [0.1, 0.15) is 24.8 Å². The number of halogens is 2. The molecule has 1 aromatic rings. The Morgan fingerprint density at radius 3 is 2.93 bits per heavy atom. The number of piperidine rings is 1. The Morgan fingerprint density at radius 2 is 2.27 bits per heavy atom. The van der Waals surface area contributed by atoms with Gasteiger partial charge in [0, 0.05) is 4.47 Å². The van der Waals surface area contributed by atoms with Crippen LogP contribution in [0.3, 0.4) is 0 Å². The fourth-order valence-corrected chi connectivity index (χ4v) is 2.92. The normalized spacial score (nSPS) is 26.6.